The number of unbranched alkanes of at least 4 members (excludes halogenated alkanes) is 9. The van der Waals surface area contributed by atoms with E-state index in [1.807, 2.05) is 0 Å². The molecule has 4 aliphatic rings. The molecule has 3 saturated carbocycles. The smallest absolute Gasteiger partial charge is 0.303 e. The minimum Gasteiger partial charge on any atom is -0.481 e. The van der Waals surface area contributed by atoms with Crippen molar-refractivity contribution in [2.75, 3.05) is 0 Å². The fourth-order valence-corrected chi connectivity index (χ4v) is 12.0. The molecule has 47 heavy (non-hydrogen) atoms. The van der Waals surface area contributed by atoms with Crippen molar-refractivity contribution < 1.29 is 9.90 Å². The maximum Gasteiger partial charge on any atom is 0.303 e. The maximum absolute atomic E-state index is 12.0. The van der Waals surface area contributed by atoms with Gasteiger partial charge in [0.1, 0.15) is 0 Å². The summed E-state index contributed by atoms with van der Waals surface area (Å²) in [5.41, 5.74) is 2.64. The second kappa shape index (κ2) is 18.8. The van der Waals surface area contributed by atoms with E-state index >= 15 is 0 Å². The molecule has 0 radical (unpaired) electrons. The highest BCUT2D eigenvalue weighted by atomic mass is 16.4. The predicted molar refractivity (Wildman–Crippen MR) is 202 cm³/mol. The summed E-state index contributed by atoms with van der Waals surface area (Å²) in [5, 5.41) is 9.88. The summed E-state index contributed by atoms with van der Waals surface area (Å²) in [7, 11) is 0. The van der Waals surface area contributed by atoms with Gasteiger partial charge in [0.15, 0.2) is 0 Å². The maximum atomic E-state index is 12.0. The molecule has 4 rings (SSSR count). The molecule has 0 amide bonds. The summed E-state index contributed by atoms with van der Waals surface area (Å²) in [6, 6.07) is 0. The van der Waals surface area contributed by atoms with Gasteiger partial charge in [0.05, 0.1) is 0 Å². The number of carboxylic acid groups (broad SMARTS) is 1. The Morgan fingerprint density at radius 1 is 0.830 bits per heavy atom. The molecule has 0 aliphatic heterocycles. The first-order chi connectivity index (χ1) is 22.6. The number of allylic oxidation sites excluding steroid dienone is 4. The molecule has 4 aliphatic carbocycles. The predicted octanol–water partition coefficient (Wildman–Crippen LogP) is 14.0. The fourth-order valence-electron chi connectivity index (χ4n) is 12.0. The van der Waals surface area contributed by atoms with Crippen LogP contribution in [0.3, 0.4) is 0 Å². The molecule has 5 unspecified atom stereocenters. The first-order valence-corrected chi connectivity index (χ1v) is 21.2. The Bertz CT molecular complexity index is 992. The molecule has 270 valence electrons. The third-order valence-corrected chi connectivity index (χ3v) is 14.8. The van der Waals surface area contributed by atoms with Crippen LogP contribution in [-0.2, 0) is 4.79 Å². The van der Waals surface area contributed by atoms with Crippen molar-refractivity contribution in [1.29, 1.82) is 0 Å². The lowest BCUT2D eigenvalue weighted by molar-refractivity contribution is -0.138. The Hall–Kier alpha value is -1.05. The van der Waals surface area contributed by atoms with E-state index < -0.39 is 5.97 Å². The van der Waals surface area contributed by atoms with Gasteiger partial charge in [-0.1, -0.05) is 130 Å². The van der Waals surface area contributed by atoms with Gasteiger partial charge < -0.3 is 5.11 Å². The Labute approximate surface area is 292 Å². The molecule has 0 aromatic carbocycles. The largest absolute Gasteiger partial charge is 0.481 e. The summed E-state index contributed by atoms with van der Waals surface area (Å²) in [5.74, 6) is 5.60. The first-order valence-electron chi connectivity index (χ1n) is 21.2. The van der Waals surface area contributed by atoms with E-state index in [1.165, 1.54) is 141 Å². The molecular formula is C45H78O2. The van der Waals surface area contributed by atoms with Gasteiger partial charge in [-0.3, -0.25) is 4.79 Å². The summed E-state index contributed by atoms with van der Waals surface area (Å²) in [4.78, 5) is 12.0. The second-order valence-electron chi connectivity index (χ2n) is 18.3. The molecule has 2 nitrogen and oxygen atoms in total. The Balaban J connectivity index is 1.26. The lowest BCUT2D eigenvalue weighted by Gasteiger charge is -2.59. The van der Waals surface area contributed by atoms with Crippen LogP contribution in [0.5, 0.6) is 0 Å². The molecular weight excluding hydrogens is 572 g/mol. The van der Waals surface area contributed by atoms with Gasteiger partial charge in [-0.25, -0.2) is 0 Å². The van der Waals surface area contributed by atoms with Crippen LogP contribution in [0.2, 0.25) is 0 Å². The van der Waals surface area contributed by atoms with Gasteiger partial charge >= 0.3 is 5.97 Å². The van der Waals surface area contributed by atoms with E-state index in [1.54, 1.807) is 5.57 Å². The van der Waals surface area contributed by atoms with Crippen molar-refractivity contribution in [3.63, 3.8) is 0 Å². The van der Waals surface area contributed by atoms with Gasteiger partial charge in [0.25, 0.3) is 0 Å². The molecule has 3 fully saturated rings. The van der Waals surface area contributed by atoms with Gasteiger partial charge in [-0.05, 0) is 142 Å². The zero-order valence-corrected chi connectivity index (χ0v) is 32.2. The van der Waals surface area contributed by atoms with Crippen LogP contribution in [-0.4, -0.2) is 11.1 Å². The highest BCUT2D eigenvalue weighted by Gasteiger charge is 2.59. The van der Waals surface area contributed by atoms with Crippen molar-refractivity contribution in [1.82, 2.24) is 0 Å². The number of rotatable bonds is 21. The number of hydrogen-bond donors (Lipinski definition) is 1. The highest BCUT2D eigenvalue weighted by molar-refractivity contribution is 5.67. The van der Waals surface area contributed by atoms with Crippen LogP contribution in [0, 0.1) is 58.2 Å². The molecule has 2 heteroatoms. The third-order valence-electron chi connectivity index (χ3n) is 14.8. The Morgan fingerprint density at radius 2 is 1.53 bits per heavy atom. The normalized spacial score (nSPS) is 33.3. The van der Waals surface area contributed by atoms with Crippen LogP contribution in [0.25, 0.3) is 0 Å². The average molecular weight is 651 g/mol. The number of hydrogen-bond acceptors (Lipinski definition) is 1. The minimum atomic E-state index is -0.584. The molecule has 0 aromatic rings. The van der Waals surface area contributed by atoms with E-state index in [2.05, 4.69) is 59.8 Å². The Kier molecular flexibility index (Phi) is 15.5. The topological polar surface area (TPSA) is 37.3 Å². The standard InChI is InChI=1S/C45H78O2/c1-7-8-9-10-11-12-13-14-15-16-17-18-19-23-36(33-43(46)47)37-28-30-44(5)38(32-37)24-25-39-41-27-26-40(35(4)22-20-21-34(2)3)45(41,6)31-29-42(39)44/h14-15,24,34-37,39-42H,7-13,16-23,25-33H2,1-6H3,(H,46,47)/t35-,36?,37?,39?,40-,41?,42?,44+,45-/m1/s1. The lowest BCUT2D eigenvalue weighted by atomic mass is 9.46. The van der Waals surface area contributed by atoms with E-state index in [0.717, 1.165) is 41.9 Å². The molecule has 0 spiro atoms. The monoisotopic (exact) mass is 651 g/mol. The minimum absolute atomic E-state index is 0.348. The first kappa shape index (κ1) is 38.7. The van der Waals surface area contributed by atoms with E-state index in [-0.39, 0.29) is 0 Å². The lowest BCUT2D eigenvalue weighted by Crippen LogP contribution is -2.50. The average Bonchev–Trinajstić information content (AvgIpc) is 3.39. The van der Waals surface area contributed by atoms with Gasteiger partial charge in [-0.15, -0.1) is 0 Å². The number of fused-ring (bicyclic) bond motifs is 5. The van der Waals surface area contributed by atoms with E-state index in [9.17, 15) is 9.90 Å². The van der Waals surface area contributed by atoms with Crippen LogP contribution < -0.4 is 0 Å². The molecule has 0 bridgehead atoms. The quantitative estimate of drug-likeness (QED) is 0.0991. The van der Waals surface area contributed by atoms with E-state index in [0.29, 0.717) is 29.1 Å². The van der Waals surface area contributed by atoms with Crippen molar-refractivity contribution >= 4 is 5.97 Å². The third kappa shape index (κ3) is 10.2. The fraction of sp³-hybridized carbons (Fsp3) is 0.889. The summed E-state index contributed by atoms with van der Waals surface area (Å²) in [6.07, 6.45) is 38.4. The number of aliphatic carboxylic acids is 1. The van der Waals surface area contributed by atoms with Crippen molar-refractivity contribution in [2.45, 2.75) is 196 Å². The van der Waals surface area contributed by atoms with Gasteiger partial charge in [0.2, 0.25) is 0 Å². The number of carboxylic acids is 1. The molecule has 0 aromatic heterocycles. The summed E-state index contributed by atoms with van der Waals surface area (Å²) >= 11 is 0. The van der Waals surface area contributed by atoms with Crippen LogP contribution >= 0.6 is 0 Å². The number of carbonyl (C=O) groups is 1. The summed E-state index contributed by atoms with van der Waals surface area (Å²) < 4.78 is 0. The molecule has 1 N–H and O–H groups in total. The van der Waals surface area contributed by atoms with Crippen LogP contribution in [0.15, 0.2) is 23.8 Å². The van der Waals surface area contributed by atoms with E-state index in [4.69, 9.17) is 0 Å². The van der Waals surface area contributed by atoms with Gasteiger partial charge in [0, 0.05) is 6.42 Å². The van der Waals surface area contributed by atoms with Crippen LogP contribution in [0.4, 0.5) is 0 Å². The van der Waals surface area contributed by atoms with Crippen molar-refractivity contribution in [2.24, 2.45) is 58.2 Å². The highest BCUT2D eigenvalue weighted by Crippen LogP contribution is 2.68. The molecule has 9 atom stereocenters. The Morgan fingerprint density at radius 3 is 2.23 bits per heavy atom. The van der Waals surface area contributed by atoms with Crippen molar-refractivity contribution in [3.8, 4) is 0 Å². The summed E-state index contributed by atoms with van der Waals surface area (Å²) in [6.45, 7) is 15.0. The second-order valence-corrected chi connectivity index (χ2v) is 18.3. The SMILES string of the molecule is CCCCCCCCC=CCCCCCC(CC(=O)O)C1CC[C@@]2(C)C(=CCC3C2CC[C@@]2(C)C3CC[C@@H]2[C@H](C)CCCC(C)C)C1. The zero-order chi connectivity index (χ0) is 33.9. The van der Waals surface area contributed by atoms with Crippen LogP contribution in [0.1, 0.15) is 196 Å². The molecule has 0 heterocycles. The molecule has 0 saturated heterocycles. The van der Waals surface area contributed by atoms with Gasteiger partial charge in [-0.2, -0.15) is 0 Å². The van der Waals surface area contributed by atoms with Crippen molar-refractivity contribution in [3.05, 3.63) is 23.8 Å². The zero-order valence-electron chi connectivity index (χ0n) is 32.2.